The van der Waals surface area contributed by atoms with Crippen LogP contribution >= 0.6 is 11.3 Å². The van der Waals surface area contributed by atoms with Crippen LogP contribution in [0, 0.1) is 5.92 Å². The smallest absolute Gasteiger partial charge is 0.286 e. The molecule has 188 valence electrons. The number of Topliss-reactive ketones (excluding diaryl/α,β-unsaturated/α-hetero) is 1. The maximum absolute atomic E-state index is 13.4. The summed E-state index contributed by atoms with van der Waals surface area (Å²) in [5, 5.41) is 20.2. The van der Waals surface area contributed by atoms with Crippen molar-refractivity contribution >= 4 is 38.7 Å². The third-order valence-electron chi connectivity index (χ3n) is 6.49. The second-order valence-electron chi connectivity index (χ2n) is 9.47. The summed E-state index contributed by atoms with van der Waals surface area (Å²) in [7, 11) is -4.21. The van der Waals surface area contributed by atoms with E-state index >= 15 is 0 Å². The van der Waals surface area contributed by atoms with Crippen molar-refractivity contribution in [2.45, 2.75) is 56.9 Å². The highest BCUT2D eigenvalue weighted by atomic mass is 32.2. The summed E-state index contributed by atoms with van der Waals surface area (Å²) < 4.78 is 31.6. The molecule has 1 aromatic carbocycles. The van der Waals surface area contributed by atoms with E-state index < -0.39 is 21.3 Å². The van der Waals surface area contributed by atoms with Crippen molar-refractivity contribution in [1.82, 2.24) is 9.78 Å². The van der Waals surface area contributed by atoms with Crippen LogP contribution in [0.2, 0.25) is 0 Å². The zero-order chi connectivity index (χ0) is 25.6. The van der Waals surface area contributed by atoms with Crippen LogP contribution in [0.3, 0.4) is 0 Å². The number of fused-ring (bicyclic) bond motifs is 1. The van der Waals surface area contributed by atoms with Crippen molar-refractivity contribution in [1.29, 1.82) is 0 Å². The summed E-state index contributed by atoms with van der Waals surface area (Å²) in [5.74, 6) is -0.597. The largest absolute Gasteiger partial charge is 0.505 e. The predicted octanol–water partition coefficient (Wildman–Crippen LogP) is 4.12. The Labute approximate surface area is 212 Å². The number of aryl methyl sites for hydroxylation is 1. The van der Waals surface area contributed by atoms with Gasteiger partial charge in [0.05, 0.1) is 10.6 Å². The van der Waals surface area contributed by atoms with Gasteiger partial charge in [0.25, 0.3) is 15.6 Å². The van der Waals surface area contributed by atoms with Crippen LogP contribution in [0.4, 0.5) is 5.69 Å². The van der Waals surface area contributed by atoms with E-state index in [9.17, 15) is 23.1 Å². The molecular formula is C25H26N4O5S2. The number of aromatic hydroxyl groups is 1. The molecule has 11 heteroatoms. The lowest BCUT2D eigenvalue weighted by molar-refractivity contribution is -0.118. The predicted molar refractivity (Wildman–Crippen MR) is 138 cm³/mol. The van der Waals surface area contributed by atoms with Gasteiger partial charge in [0.1, 0.15) is 21.9 Å². The minimum absolute atomic E-state index is 0.0596. The average molecular weight is 527 g/mol. The minimum Gasteiger partial charge on any atom is -0.505 e. The summed E-state index contributed by atoms with van der Waals surface area (Å²) in [5.41, 5.74) is 0.179. The molecule has 0 amide bonds. The number of aromatic nitrogens is 2. The molecule has 1 aliphatic carbocycles. The Bertz CT molecular complexity index is 1540. The van der Waals surface area contributed by atoms with Gasteiger partial charge in [-0.25, -0.2) is 4.68 Å². The van der Waals surface area contributed by atoms with E-state index in [4.69, 9.17) is 0 Å². The molecule has 1 unspecified atom stereocenters. The van der Waals surface area contributed by atoms with E-state index in [0.717, 1.165) is 6.42 Å². The first-order valence-corrected chi connectivity index (χ1v) is 14.1. The Morgan fingerprint density at radius 2 is 2.06 bits per heavy atom. The summed E-state index contributed by atoms with van der Waals surface area (Å²) >= 11 is 1.34. The third kappa shape index (κ3) is 4.37. The molecule has 0 saturated heterocycles. The van der Waals surface area contributed by atoms with Crippen molar-refractivity contribution in [2.75, 3.05) is 5.32 Å². The number of carbonyl (C=O) groups is 1. The first-order valence-electron chi connectivity index (χ1n) is 11.8. The van der Waals surface area contributed by atoms with E-state index in [-0.39, 0.29) is 39.4 Å². The molecule has 1 saturated carbocycles. The van der Waals surface area contributed by atoms with Gasteiger partial charge in [-0.3, -0.25) is 9.59 Å². The van der Waals surface area contributed by atoms with Crippen LogP contribution in [0.1, 0.15) is 56.6 Å². The normalized spacial score (nSPS) is 18.7. The fourth-order valence-corrected chi connectivity index (χ4v) is 6.42. The summed E-state index contributed by atoms with van der Waals surface area (Å²) in [6.45, 7) is 4.35. The number of nitrogens with zero attached hydrogens (tertiary/aromatic N) is 3. The van der Waals surface area contributed by atoms with Gasteiger partial charge >= 0.3 is 0 Å². The number of benzene rings is 1. The van der Waals surface area contributed by atoms with Crippen LogP contribution in [0.15, 0.2) is 49.8 Å². The number of amidine groups is 1. The summed E-state index contributed by atoms with van der Waals surface area (Å²) in [4.78, 5) is 26.2. The molecule has 1 aliphatic heterocycles. The molecule has 5 rings (SSSR count). The molecule has 2 aliphatic rings. The highest BCUT2D eigenvalue weighted by Crippen LogP contribution is 2.38. The zero-order valence-electron chi connectivity index (χ0n) is 19.9. The second-order valence-corrected chi connectivity index (χ2v) is 12.0. The topological polar surface area (TPSA) is 131 Å². The molecule has 1 fully saturated rings. The van der Waals surface area contributed by atoms with E-state index in [2.05, 4.69) is 14.8 Å². The lowest BCUT2D eigenvalue weighted by Gasteiger charge is -2.21. The molecule has 0 bridgehead atoms. The molecule has 2 aromatic heterocycles. The highest BCUT2D eigenvalue weighted by Gasteiger charge is 2.33. The van der Waals surface area contributed by atoms with Gasteiger partial charge in [0.15, 0.2) is 11.6 Å². The van der Waals surface area contributed by atoms with Crippen LogP contribution in [0.25, 0.3) is 10.6 Å². The Morgan fingerprint density at radius 1 is 1.25 bits per heavy atom. The maximum atomic E-state index is 13.4. The number of thiophene rings is 1. The molecule has 3 aromatic rings. The molecule has 9 nitrogen and oxygen atoms in total. The Kier molecular flexibility index (Phi) is 6.29. The van der Waals surface area contributed by atoms with Crippen LogP contribution in [0.5, 0.6) is 5.75 Å². The molecule has 36 heavy (non-hydrogen) atoms. The van der Waals surface area contributed by atoms with E-state index in [0.29, 0.717) is 42.2 Å². The average Bonchev–Trinajstić information content (AvgIpc) is 3.50. The molecule has 0 radical (unpaired) electrons. The van der Waals surface area contributed by atoms with E-state index in [1.54, 1.807) is 24.3 Å². The van der Waals surface area contributed by atoms with Gasteiger partial charge in [0, 0.05) is 18.9 Å². The standard InChI is InChI=1S/C25H26N4O5S2/c1-14(2)10-11-29-25(32)21(23(31)22(27-29)19-7-4-12-35-19)24-26-17-9-8-15(16-5-3-6-18(16)30)13-20(17)36(33,34)28-24/h4,7-9,12-14,16,31H,3,5-6,10-11H2,1-2H3,(H,26,28). The Balaban J connectivity index is 1.62. The number of hydrogen-bond donors (Lipinski definition) is 2. The number of hydrogen-bond acceptors (Lipinski definition) is 8. The Morgan fingerprint density at radius 3 is 2.72 bits per heavy atom. The van der Waals surface area contributed by atoms with Gasteiger partial charge in [-0.15, -0.1) is 15.7 Å². The van der Waals surface area contributed by atoms with Gasteiger partial charge in [0.2, 0.25) is 0 Å². The molecule has 1 atom stereocenters. The van der Waals surface area contributed by atoms with E-state index in [1.165, 1.54) is 22.1 Å². The summed E-state index contributed by atoms with van der Waals surface area (Å²) in [6.07, 6.45) is 2.63. The van der Waals surface area contributed by atoms with Gasteiger partial charge in [-0.05, 0) is 54.3 Å². The van der Waals surface area contributed by atoms with Crippen molar-refractivity contribution in [3.8, 4) is 16.3 Å². The number of carbonyl (C=O) groups excluding carboxylic acids is 1. The van der Waals surface area contributed by atoms with Gasteiger partial charge < -0.3 is 10.4 Å². The van der Waals surface area contributed by atoms with Gasteiger partial charge in [-0.2, -0.15) is 13.5 Å². The number of rotatable bonds is 6. The molecule has 2 N–H and O–H groups in total. The Hall–Kier alpha value is -3.31. The van der Waals surface area contributed by atoms with Crippen molar-refractivity contribution in [3.05, 3.63) is 57.2 Å². The van der Waals surface area contributed by atoms with Crippen LogP contribution in [-0.4, -0.2) is 34.9 Å². The highest BCUT2D eigenvalue weighted by molar-refractivity contribution is 7.90. The van der Waals surface area contributed by atoms with Crippen molar-refractivity contribution in [2.24, 2.45) is 10.3 Å². The SMILES string of the molecule is CC(C)CCn1nc(-c2cccs2)c(O)c(C2=NS(=O)(=O)c3cc(C4CCCC4=O)ccc3N2)c1=O. The van der Waals surface area contributed by atoms with E-state index in [1.807, 2.05) is 19.2 Å². The molecule has 3 heterocycles. The third-order valence-corrected chi connectivity index (χ3v) is 8.69. The lowest BCUT2D eigenvalue weighted by atomic mass is 9.96. The van der Waals surface area contributed by atoms with Crippen LogP contribution < -0.4 is 10.9 Å². The lowest BCUT2D eigenvalue weighted by Crippen LogP contribution is -2.34. The van der Waals surface area contributed by atoms with Crippen molar-refractivity contribution < 1.29 is 18.3 Å². The first kappa shape index (κ1) is 24.4. The minimum atomic E-state index is -4.21. The van der Waals surface area contributed by atoms with Crippen LogP contribution in [-0.2, 0) is 21.4 Å². The first-order chi connectivity index (χ1) is 17.2. The second kappa shape index (κ2) is 9.29. The van der Waals surface area contributed by atoms with Gasteiger partial charge in [-0.1, -0.05) is 26.0 Å². The number of nitrogens with one attached hydrogen (secondary N) is 1. The number of anilines is 1. The number of sulfonamides is 1. The fourth-order valence-electron chi connectivity index (χ4n) is 4.56. The molecular weight excluding hydrogens is 500 g/mol. The quantitative estimate of drug-likeness (QED) is 0.494. The summed E-state index contributed by atoms with van der Waals surface area (Å²) in [6, 6.07) is 8.35. The maximum Gasteiger partial charge on any atom is 0.286 e. The number of ketones is 1. The fraction of sp³-hybridized carbons (Fsp3) is 0.360. The molecule has 0 spiro atoms. The zero-order valence-corrected chi connectivity index (χ0v) is 21.5. The van der Waals surface area contributed by atoms with Crippen molar-refractivity contribution in [3.63, 3.8) is 0 Å². The monoisotopic (exact) mass is 526 g/mol.